The summed E-state index contributed by atoms with van der Waals surface area (Å²) in [4.78, 5) is 41.7. The first kappa shape index (κ1) is 30.7. The Balaban J connectivity index is 1.88. The van der Waals surface area contributed by atoms with Crippen LogP contribution in [-0.2, 0) is 0 Å². The van der Waals surface area contributed by atoms with Crippen LogP contribution in [0.4, 0.5) is 28.2 Å². The number of carbonyl (C=O) groups is 1. The molecular formula is C30H30F4N6O4. The predicted molar refractivity (Wildman–Crippen MR) is 155 cm³/mol. The zero-order chi connectivity index (χ0) is 32.2. The van der Waals surface area contributed by atoms with Crippen molar-refractivity contribution in [2.75, 3.05) is 18.0 Å². The quantitative estimate of drug-likeness (QED) is 0.287. The molecule has 0 spiro atoms. The Labute approximate surface area is 249 Å². The highest BCUT2D eigenvalue weighted by molar-refractivity contribution is 5.92. The van der Waals surface area contributed by atoms with Crippen molar-refractivity contribution in [1.29, 1.82) is 0 Å². The fourth-order valence-corrected chi connectivity index (χ4v) is 5.67. The number of phenolic OH excluding ortho intramolecular Hbond substituents is 1. The molecule has 10 nitrogen and oxygen atoms in total. The van der Waals surface area contributed by atoms with E-state index in [0.717, 1.165) is 17.6 Å². The molecule has 0 bridgehead atoms. The van der Waals surface area contributed by atoms with Gasteiger partial charge in [-0.25, -0.2) is 23.5 Å². The highest BCUT2D eigenvalue weighted by atomic mass is 19.4. The topological polar surface area (TPSA) is 125 Å². The summed E-state index contributed by atoms with van der Waals surface area (Å²) in [5.74, 6) is -3.12. The third-order valence-electron chi connectivity index (χ3n) is 8.05. The molecule has 1 fully saturated rings. The molecule has 4 aromatic rings. The molecule has 0 aliphatic carbocycles. The van der Waals surface area contributed by atoms with Gasteiger partial charge < -0.3 is 20.0 Å². The number of piperazine rings is 1. The molecule has 44 heavy (non-hydrogen) atoms. The molecule has 1 saturated heterocycles. The number of hydrogen-bond acceptors (Lipinski definition) is 7. The van der Waals surface area contributed by atoms with Crippen molar-refractivity contribution >= 4 is 22.9 Å². The summed E-state index contributed by atoms with van der Waals surface area (Å²) in [5.41, 5.74) is -1.26. The van der Waals surface area contributed by atoms with E-state index in [4.69, 9.17) is 0 Å². The molecule has 4 heterocycles. The fourth-order valence-electron chi connectivity index (χ4n) is 5.67. The van der Waals surface area contributed by atoms with E-state index in [2.05, 4.69) is 15.0 Å². The van der Waals surface area contributed by atoms with Crippen LogP contribution in [0.2, 0.25) is 0 Å². The molecule has 1 aliphatic heterocycles. The van der Waals surface area contributed by atoms with Gasteiger partial charge in [-0.05, 0) is 70.0 Å². The third kappa shape index (κ3) is 5.18. The van der Waals surface area contributed by atoms with Crippen LogP contribution in [0.3, 0.4) is 0 Å². The lowest BCUT2D eigenvalue weighted by Crippen LogP contribution is -2.58. The maximum Gasteiger partial charge on any atom is 0.407 e. The number of anilines is 1. The zero-order valence-corrected chi connectivity index (χ0v) is 24.5. The van der Waals surface area contributed by atoms with Crippen molar-refractivity contribution in [3.63, 3.8) is 0 Å². The lowest BCUT2D eigenvalue weighted by Gasteiger charge is -2.43. The molecule has 0 radical (unpaired) electrons. The average molecular weight is 615 g/mol. The first-order valence-electron chi connectivity index (χ1n) is 13.8. The van der Waals surface area contributed by atoms with Crippen molar-refractivity contribution in [3.05, 3.63) is 69.7 Å². The standard InChI is InChI=1S/C30H30F4N6O4/c1-14-9-10-35-24(18(5)30(32,33)34)25(14)40-27-19(11-15(2)23(36-27)22-20(31)7-6-8-21(22)41)26(37-28(40)42)38-12-17(4)39(29(43)44)13-16(38)3/h6-11,16-18,41H,12-13H2,1-5H3,(H,43,44)/t16-,17+,18?/m0/s1. The van der Waals surface area contributed by atoms with E-state index in [-0.39, 0.29) is 46.9 Å². The van der Waals surface area contributed by atoms with Crippen LogP contribution < -0.4 is 10.6 Å². The SMILES string of the molecule is Cc1cc2c(N3C[C@@H](C)N(C(=O)O)C[C@@H]3C)nc(=O)n(-c3c(C)ccnc3C(C)C(F)(F)F)c2nc1-c1c(O)cccc1F. The van der Waals surface area contributed by atoms with E-state index >= 15 is 4.39 Å². The number of rotatable bonds is 4. The minimum atomic E-state index is -4.69. The molecule has 3 atom stereocenters. The molecular weight excluding hydrogens is 584 g/mol. The molecule has 2 N–H and O–H groups in total. The molecule has 0 saturated carbocycles. The van der Waals surface area contributed by atoms with Crippen molar-refractivity contribution in [1.82, 2.24) is 24.4 Å². The fraction of sp³-hybridized carbons (Fsp3) is 0.367. The van der Waals surface area contributed by atoms with Gasteiger partial charge in [-0.1, -0.05) is 6.07 Å². The first-order valence-corrected chi connectivity index (χ1v) is 13.8. The van der Waals surface area contributed by atoms with Gasteiger partial charge in [0.2, 0.25) is 0 Å². The number of fused-ring (bicyclic) bond motifs is 1. The Kier molecular flexibility index (Phi) is 7.72. The number of hydrogen-bond donors (Lipinski definition) is 2. The number of carboxylic acid groups (broad SMARTS) is 1. The second-order valence-corrected chi connectivity index (χ2v) is 11.1. The maximum atomic E-state index is 15.1. The number of aryl methyl sites for hydroxylation is 2. The van der Waals surface area contributed by atoms with E-state index in [1.54, 1.807) is 31.7 Å². The van der Waals surface area contributed by atoms with Gasteiger partial charge in [-0.15, -0.1) is 0 Å². The maximum absolute atomic E-state index is 15.1. The van der Waals surface area contributed by atoms with Gasteiger partial charge in [0, 0.05) is 31.4 Å². The van der Waals surface area contributed by atoms with E-state index < -0.39 is 53.2 Å². The number of nitrogens with zero attached hydrogens (tertiary/aromatic N) is 6. The van der Waals surface area contributed by atoms with Crippen molar-refractivity contribution in [3.8, 4) is 22.7 Å². The zero-order valence-electron chi connectivity index (χ0n) is 24.5. The summed E-state index contributed by atoms with van der Waals surface area (Å²) < 4.78 is 58.0. The second kappa shape index (κ2) is 11.1. The minimum absolute atomic E-state index is 0.0255. The molecule has 1 aromatic carbocycles. The number of alkyl halides is 3. The van der Waals surface area contributed by atoms with Crippen LogP contribution in [0.15, 0.2) is 41.3 Å². The number of benzene rings is 1. The Morgan fingerprint density at radius 2 is 1.77 bits per heavy atom. The van der Waals surface area contributed by atoms with Crippen LogP contribution in [0, 0.1) is 19.7 Å². The summed E-state index contributed by atoms with van der Waals surface area (Å²) in [6.07, 6.45) is -4.56. The predicted octanol–water partition coefficient (Wildman–Crippen LogP) is 5.55. The number of pyridine rings is 2. The molecule has 3 aromatic heterocycles. The summed E-state index contributed by atoms with van der Waals surface area (Å²) >= 11 is 0. The minimum Gasteiger partial charge on any atom is -0.507 e. The number of halogens is 4. The highest BCUT2D eigenvalue weighted by Gasteiger charge is 2.41. The van der Waals surface area contributed by atoms with E-state index in [9.17, 15) is 33.0 Å². The van der Waals surface area contributed by atoms with Gasteiger partial charge in [0.15, 0.2) is 5.65 Å². The smallest absolute Gasteiger partial charge is 0.407 e. The van der Waals surface area contributed by atoms with Crippen LogP contribution in [0.5, 0.6) is 5.75 Å². The Morgan fingerprint density at radius 1 is 1.07 bits per heavy atom. The normalized spacial score (nSPS) is 18.1. The Bertz CT molecular complexity index is 1820. The molecule has 14 heteroatoms. The van der Waals surface area contributed by atoms with Crippen LogP contribution in [-0.4, -0.2) is 72.1 Å². The lowest BCUT2D eigenvalue weighted by atomic mass is 10.0. The average Bonchev–Trinajstić information content (AvgIpc) is 2.93. The van der Waals surface area contributed by atoms with Crippen molar-refractivity contribution < 1.29 is 32.6 Å². The summed E-state index contributed by atoms with van der Waals surface area (Å²) in [6, 6.07) is 5.84. The van der Waals surface area contributed by atoms with Crippen LogP contribution in [0.1, 0.15) is 43.5 Å². The van der Waals surface area contributed by atoms with Gasteiger partial charge in [-0.2, -0.15) is 18.2 Å². The second-order valence-electron chi connectivity index (χ2n) is 11.1. The van der Waals surface area contributed by atoms with Gasteiger partial charge in [0.25, 0.3) is 0 Å². The number of aromatic hydroxyl groups is 1. The van der Waals surface area contributed by atoms with E-state index in [0.29, 0.717) is 11.1 Å². The van der Waals surface area contributed by atoms with Gasteiger partial charge in [0.1, 0.15) is 17.4 Å². The van der Waals surface area contributed by atoms with Crippen molar-refractivity contribution in [2.24, 2.45) is 0 Å². The van der Waals surface area contributed by atoms with Crippen LogP contribution in [0.25, 0.3) is 28.0 Å². The monoisotopic (exact) mass is 614 g/mol. The summed E-state index contributed by atoms with van der Waals surface area (Å²) in [6.45, 7) is 7.83. The molecule has 1 unspecified atom stereocenters. The van der Waals surface area contributed by atoms with Crippen LogP contribution >= 0.6 is 0 Å². The number of aromatic nitrogens is 4. The largest absolute Gasteiger partial charge is 0.507 e. The van der Waals surface area contributed by atoms with Gasteiger partial charge in [-0.3, -0.25) is 4.98 Å². The lowest BCUT2D eigenvalue weighted by molar-refractivity contribution is -0.147. The van der Waals surface area contributed by atoms with Gasteiger partial charge in [0.05, 0.1) is 33.9 Å². The summed E-state index contributed by atoms with van der Waals surface area (Å²) in [5, 5.41) is 20.5. The Morgan fingerprint density at radius 3 is 2.41 bits per heavy atom. The molecule has 232 valence electrons. The van der Waals surface area contributed by atoms with E-state index in [1.165, 1.54) is 36.2 Å². The third-order valence-corrected chi connectivity index (χ3v) is 8.05. The van der Waals surface area contributed by atoms with Crippen molar-refractivity contribution in [2.45, 2.75) is 58.8 Å². The number of phenols is 1. The highest BCUT2D eigenvalue weighted by Crippen LogP contribution is 2.40. The summed E-state index contributed by atoms with van der Waals surface area (Å²) in [7, 11) is 0. The molecule has 5 rings (SSSR count). The molecule has 1 aliphatic rings. The van der Waals surface area contributed by atoms with E-state index in [1.807, 2.05) is 0 Å². The molecule has 1 amide bonds. The Hall–Kier alpha value is -4.75. The number of amides is 1. The van der Waals surface area contributed by atoms with Gasteiger partial charge >= 0.3 is 18.0 Å². The first-order chi connectivity index (χ1) is 20.6.